The Morgan fingerprint density at radius 2 is 1.70 bits per heavy atom. The highest BCUT2D eigenvalue weighted by atomic mass is 19.2. The molecule has 1 atom stereocenters. The van der Waals surface area contributed by atoms with Crippen LogP contribution in [0.3, 0.4) is 0 Å². The third-order valence-electron chi connectivity index (χ3n) is 7.54. The first kappa shape index (κ1) is 25.1. The average molecular weight is 512 g/mol. The Labute approximate surface area is 214 Å². The number of anilines is 1. The standard InChI is InChI=1S/C29H30F3N2O3/c30-23-5-4-6-24(18-23)33(19-21-9-10-26(31)27(32)17-21)29(35)37-28-20-34(13-11-22(28)12-14-34)15-16-36-25-7-2-1-3-8-25/h1-10,17-18,22,28H,11-16,19-20H2/q+1. The molecule has 3 aromatic carbocycles. The Morgan fingerprint density at radius 1 is 0.919 bits per heavy atom. The van der Waals surface area contributed by atoms with Crippen molar-refractivity contribution < 1.29 is 31.9 Å². The van der Waals surface area contributed by atoms with E-state index in [0.717, 1.165) is 54.8 Å². The first-order chi connectivity index (χ1) is 17.9. The molecule has 6 rings (SSSR count). The normalized spacial score (nSPS) is 22.5. The number of benzene rings is 3. The van der Waals surface area contributed by atoms with Gasteiger partial charge in [-0.15, -0.1) is 0 Å². The topological polar surface area (TPSA) is 38.8 Å². The summed E-state index contributed by atoms with van der Waals surface area (Å²) >= 11 is 0. The molecule has 1 amide bonds. The van der Waals surface area contributed by atoms with Gasteiger partial charge >= 0.3 is 6.09 Å². The van der Waals surface area contributed by atoms with Gasteiger partial charge in [-0.25, -0.2) is 18.0 Å². The molecule has 0 N–H and O–H groups in total. The Morgan fingerprint density at radius 3 is 2.43 bits per heavy atom. The van der Waals surface area contributed by atoms with Crippen LogP contribution in [-0.4, -0.2) is 49.5 Å². The molecule has 3 saturated heterocycles. The maximum Gasteiger partial charge on any atom is 0.415 e. The highest BCUT2D eigenvalue weighted by molar-refractivity contribution is 5.87. The van der Waals surface area contributed by atoms with Gasteiger partial charge in [0.15, 0.2) is 17.7 Å². The molecule has 3 aliphatic rings. The monoisotopic (exact) mass is 511 g/mol. The predicted molar refractivity (Wildman–Crippen MR) is 134 cm³/mol. The number of hydrogen-bond acceptors (Lipinski definition) is 3. The lowest BCUT2D eigenvalue weighted by Gasteiger charge is -2.52. The number of carbonyl (C=O) groups excluding carboxylic acids is 1. The van der Waals surface area contributed by atoms with E-state index in [1.165, 1.54) is 29.2 Å². The van der Waals surface area contributed by atoms with E-state index in [1.54, 1.807) is 6.07 Å². The van der Waals surface area contributed by atoms with E-state index in [0.29, 0.717) is 18.7 Å². The van der Waals surface area contributed by atoms with E-state index < -0.39 is 23.5 Å². The van der Waals surface area contributed by atoms with Crippen molar-refractivity contribution in [1.82, 2.24) is 0 Å². The van der Waals surface area contributed by atoms with E-state index in [9.17, 15) is 18.0 Å². The highest BCUT2D eigenvalue weighted by Crippen LogP contribution is 2.36. The van der Waals surface area contributed by atoms with Crippen LogP contribution in [0.2, 0.25) is 0 Å². The zero-order chi connectivity index (χ0) is 25.8. The second kappa shape index (κ2) is 10.8. The fourth-order valence-electron chi connectivity index (χ4n) is 5.46. The summed E-state index contributed by atoms with van der Waals surface area (Å²) in [6.07, 6.45) is 0.985. The van der Waals surface area contributed by atoms with Gasteiger partial charge in [0, 0.05) is 18.8 Å². The molecule has 3 heterocycles. The zero-order valence-corrected chi connectivity index (χ0v) is 20.5. The molecule has 37 heavy (non-hydrogen) atoms. The quantitative estimate of drug-likeness (QED) is 0.352. The van der Waals surface area contributed by atoms with Crippen LogP contribution >= 0.6 is 0 Å². The van der Waals surface area contributed by atoms with Gasteiger partial charge in [0.25, 0.3) is 0 Å². The first-order valence-electron chi connectivity index (χ1n) is 12.6. The van der Waals surface area contributed by atoms with Crippen LogP contribution < -0.4 is 9.64 Å². The number of hydrogen-bond donors (Lipinski definition) is 0. The van der Waals surface area contributed by atoms with Gasteiger partial charge in [-0.2, -0.15) is 0 Å². The smallest absolute Gasteiger partial charge is 0.415 e. The predicted octanol–water partition coefficient (Wildman–Crippen LogP) is 5.94. The minimum Gasteiger partial charge on any atom is -0.488 e. The van der Waals surface area contributed by atoms with Crippen LogP contribution in [0.1, 0.15) is 18.4 Å². The van der Waals surface area contributed by atoms with Crippen molar-refractivity contribution in [3.63, 3.8) is 0 Å². The molecule has 1 unspecified atom stereocenters. The van der Waals surface area contributed by atoms with Gasteiger partial charge in [0.1, 0.15) is 31.3 Å². The lowest BCUT2D eigenvalue weighted by Crippen LogP contribution is -2.65. The van der Waals surface area contributed by atoms with Crippen molar-refractivity contribution in [1.29, 1.82) is 0 Å². The van der Waals surface area contributed by atoms with Gasteiger partial charge < -0.3 is 14.0 Å². The van der Waals surface area contributed by atoms with E-state index in [4.69, 9.17) is 9.47 Å². The molecular weight excluding hydrogens is 481 g/mol. The number of quaternary nitrogens is 1. The van der Waals surface area contributed by atoms with Crippen LogP contribution in [0.25, 0.3) is 0 Å². The van der Waals surface area contributed by atoms with E-state index in [2.05, 4.69) is 0 Å². The number of halogens is 3. The minimum absolute atomic E-state index is 0.0816. The first-order valence-corrected chi connectivity index (χ1v) is 12.6. The largest absolute Gasteiger partial charge is 0.488 e. The van der Waals surface area contributed by atoms with Gasteiger partial charge in [0.2, 0.25) is 0 Å². The summed E-state index contributed by atoms with van der Waals surface area (Å²) in [4.78, 5) is 14.7. The average Bonchev–Trinajstić information content (AvgIpc) is 2.90. The van der Waals surface area contributed by atoms with Crippen molar-refractivity contribution in [3.8, 4) is 5.75 Å². The lowest BCUT2D eigenvalue weighted by atomic mass is 9.83. The Balaban J connectivity index is 1.28. The molecule has 0 saturated carbocycles. The molecule has 0 spiro atoms. The SMILES string of the molecule is O=C(OC1C[N+]2(CCOc3ccccc3)CCC1CC2)N(Cc1ccc(F)c(F)c1)c1cccc(F)c1. The summed E-state index contributed by atoms with van der Waals surface area (Å²) in [7, 11) is 0. The number of amides is 1. The number of rotatable bonds is 8. The van der Waals surface area contributed by atoms with Gasteiger partial charge in [-0.05, 0) is 48.0 Å². The molecule has 0 radical (unpaired) electrons. The molecule has 2 bridgehead atoms. The van der Waals surface area contributed by atoms with Gasteiger partial charge in [0.05, 0.1) is 25.3 Å². The third-order valence-corrected chi connectivity index (χ3v) is 7.54. The minimum atomic E-state index is -1.01. The van der Waals surface area contributed by atoms with Gasteiger partial charge in [-0.1, -0.05) is 30.3 Å². The molecule has 5 nitrogen and oxygen atoms in total. The second-order valence-electron chi connectivity index (χ2n) is 9.93. The fourth-order valence-corrected chi connectivity index (χ4v) is 5.46. The van der Waals surface area contributed by atoms with Gasteiger partial charge in [-0.3, -0.25) is 4.90 Å². The van der Waals surface area contributed by atoms with Crippen molar-refractivity contribution in [3.05, 3.63) is 95.8 Å². The highest BCUT2D eigenvalue weighted by Gasteiger charge is 2.48. The van der Waals surface area contributed by atoms with Crippen molar-refractivity contribution in [2.45, 2.75) is 25.5 Å². The lowest BCUT2D eigenvalue weighted by molar-refractivity contribution is -0.946. The van der Waals surface area contributed by atoms with Crippen molar-refractivity contribution >= 4 is 11.8 Å². The summed E-state index contributed by atoms with van der Waals surface area (Å²) in [6, 6.07) is 18.7. The summed E-state index contributed by atoms with van der Waals surface area (Å²) in [5.41, 5.74) is 0.659. The molecule has 3 aromatic rings. The molecule has 8 heteroatoms. The Bertz CT molecular complexity index is 1230. The van der Waals surface area contributed by atoms with E-state index in [1.807, 2.05) is 30.3 Å². The van der Waals surface area contributed by atoms with Crippen molar-refractivity contribution in [2.75, 3.05) is 37.7 Å². The molecule has 3 aliphatic heterocycles. The summed E-state index contributed by atoms with van der Waals surface area (Å²) < 4.78 is 54.1. The summed E-state index contributed by atoms with van der Waals surface area (Å²) in [5, 5.41) is 0. The van der Waals surface area contributed by atoms with Crippen LogP contribution in [0.15, 0.2) is 72.8 Å². The summed E-state index contributed by atoms with van der Waals surface area (Å²) in [5.74, 6) is -1.39. The van der Waals surface area contributed by atoms with E-state index in [-0.39, 0.29) is 24.3 Å². The van der Waals surface area contributed by atoms with Crippen LogP contribution in [0.4, 0.5) is 23.7 Å². The third kappa shape index (κ3) is 5.91. The van der Waals surface area contributed by atoms with Crippen molar-refractivity contribution in [2.24, 2.45) is 5.92 Å². The van der Waals surface area contributed by atoms with E-state index >= 15 is 0 Å². The van der Waals surface area contributed by atoms with Crippen LogP contribution in [0, 0.1) is 23.4 Å². The zero-order valence-electron chi connectivity index (χ0n) is 20.5. The Kier molecular flexibility index (Phi) is 7.37. The maximum atomic E-state index is 14.0. The van der Waals surface area contributed by atoms with Crippen LogP contribution in [-0.2, 0) is 11.3 Å². The molecule has 0 aromatic heterocycles. The fraction of sp³-hybridized carbons (Fsp3) is 0.345. The number of para-hydroxylation sites is 1. The van der Waals surface area contributed by atoms with Crippen LogP contribution in [0.5, 0.6) is 5.75 Å². The number of carbonyl (C=O) groups is 1. The summed E-state index contributed by atoms with van der Waals surface area (Å²) in [6.45, 7) is 4.02. The molecule has 194 valence electrons. The maximum absolute atomic E-state index is 14.0. The molecule has 0 aliphatic carbocycles. The molecule has 3 fully saturated rings. The second-order valence-corrected chi connectivity index (χ2v) is 9.93. The number of ether oxygens (including phenoxy) is 2. The number of nitrogens with zero attached hydrogens (tertiary/aromatic N) is 2. The number of piperidine rings is 3. The molecular formula is C29H30F3N2O3+. The number of fused-ring (bicyclic) bond motifs is 3. The Hall–Kier alpha value is -3.52.